The lowest BCUT2D eigenvalue weighted by Gasteiger charge is -2.34. The van der Waals surface area contributed by atoms with Crippen LogP contribution in [0.4, 0.5) is 23.5 Å². The normalized spacial score (nSPS) is 21.6. The molecule has 3 aromatic heterocycles. The highest BCUT2D eigenvalue weighted by Gasteiger charge is 2.47. The average molecular weight is 533 g/mol. The Balaban J connectivity index is 1.34. The van der Waals surface area contributed by atoms with E-state index in [0.29, 0.717) is 29.6 Å². The molecule has 4 heterocycles. The molecule has 10 nitrogen and oxygen atoms in total. The summed E-state index contributed by atoms with van der Waals surface area (Å²) in [7, 11) is 1.38. The molecule has 200 valence electrons. The standard InChI is InChI=1S/C24H24F4N8O2/c1-12(37)34-6-5-17(15(25)10-34)29-23-30-22(38-2)21-20(16(26)11-35(21)32-23)13-3-4-18-19(7-13)36(33-31-18)14-8-24(27,28)9-14/h3-4,7,11,14-15,17H,5-6,8-10H2,1-2H3,(H,29,32)/t15-,17+/m1/s1. The van der Waals surface area contributed by atoms with E-state index < -0.39 is 30.0 Å². The average Bonchev–Trinajstić information content (AvgIpc) is 3.42. The van der Waals surface area contributed by atoms with Crippen LogP contribution in [0.2, 0.25) is 0 Å². The summed E-state index contributed by atoms with van der Waals surface area (Å²) >= 11 is 0. The zero-order valence-electron chi connectivity index (χ0n) is 20.5. The molecule has 14 heteroatoms. The maximum Gasteiger partial charge on any atom is 0.252 e. The Labute approximate surface area is 213 Å². The third-order valence-electron chi connectivity index (χ3n) is 7.22. The number of halogens is 4. The number of aromatic nitrogens is 6. The van der Waals surface area contributed by atoms with E-state index in [4.69, 9.17) is 4.74 Å². The minimum absolute atomic E-state index is 0.0406. The number of benzene rings is 1. The zero-order chi connectivity index (χ0) is 26.8. The van der Waals surface area contributed by atoms with E-state index in [1.54, 1.807) is 18.2 Å². The first kappa shape index (κ1) is 24.4. The minimum atomic E-state index is -2.73. The lowest BCUT2D eigenvalue weighted by Crippen LogP contribution is -2.49. The van der Waals surface area contributed by atoms with Gasteiger partial charge in [-0.15, -0.1) is 10.2 Å². The number of hydrogen-bond acceptors (Lipinski definition) is 7. The van der Waals surface area contributed by atoms with E-state index in [-0.39, 0.29) is 48.2 Å². The second-order valence-electron chi connectivity index (χ2n) is 9.77. The van der Waals surface area contributed by atoms with Crippen LogP contribution in [0.25, 0.3) is 27.7 Å². The van der Waals surface area contributed by atoms with Gasteiger partial charge in [-0.2, -0.15) is 4.98 Å². The van der Waals surface area contributed by atoms with E-state index in [1.807, 2.05) is 0 Å². The number of alkyl halides is 3. The van der Waals surface area contributed by atoms with Crippen molar-refractivity contribution in [3.05, 3.63) is 30.2 Å². The summed E-state index contributed by atoms with van der Waals surface area (Å²) in [6.45, 7) is 1.75. The summed E-state index contributed by atoms with van der Waals surface area (Å²) < 4.78 is 65.2. The minimum Gasteiger partial charge on any atom is -0.479 e. The van der Waals surface area contributed by atoms with Crippen molar-refractivity contribution in [3.63, 3.8) is 0 Å². The molecule has 0 bridgehead atoms. The molecule has 1 N–H and O–H groups in total. The summed E-state index contributed by atoms with van der Waals surface area (Å²) in [4.78, 5) is 17.3. The van der Waals surface area contributed by atoms with Gasteiger partial charge in [-0.3, -0.25) is 4.79 Å². The number of methoxy groups -OCH3 is 1. The zero-order valence-corrected chi connectivity index (χ0v) is 20.5. The fraction of sp³-hybridized carbons (Fsp3) is 0.458. The second-order valence-corrected chi connectivity index (χ2v) is 9.77. The van der Waals surface area contributed by atoms with Crippen molar-refractivity contribution in [1.82, 2.24) is 34.5 Å². The van der Waals surface area contributed by atoms with Crippen LogP contribution < -0.4 is 10.1 Å². The van der Waals surface area contributed by atoms with Crippen molar-refractivity contribution in [1.29, 1.82) is 0 Å². The van der Waals surface area contributed by atoms with E-state index in [2.05, 4.69) is 25.7 Å². The molecular weight excluding hydrogens is 508 g/mol. The largest absolute Gasteiger partial charge is 0.479 e. The van der Waals surface area contributed by atoms with Crippen molar-refractivity contribution >= 4 is 28.4 Å². The van der Waals surface area contributed by atoms with Gasteiger partial charge in [0.25, 0.3) is 5.92 Å². The molecule has 38 heavy (non-hydrogen) atoms. The highest BCUT2D eigenvalue weighted by Crippen LogP contribution is 2.46. The summed E-state index contributed by atoms with van der Waals surface area (Å²) in [6.07, 6.45) is -0.480. The molecule has 2 fully saturated rings. The third-order valence-corrected chi connectivity index (χ3v) is 7.22. The van der Waals surface area contributed by atoms with E-state index in [1.165, 1.54) is 28.1 Å². The van der Waals surface area contributed by atoms with Gasteiger partial charge in [0, 0.05) is 26.3 Å². The molecule has 1 saturated heterocycles. The first-order valence-corrected chi connectivity index (χ1v) is 12.2. The number of amides is 1. The quantitative estimate of drug-likeness (QED) is 0.392. The number of piperidine rings is 1. The Bertz CT molecular complexity index is 1550. The molecule has 4 aromatic rings. The Hall–Kier alpha value is -3.97. The van der Waals surface area contributed by atoms with E-state index in [0.717, 1.165) is 6.20 Å². The van der Waals surface area contributed by atoms with Gasteiger partial charge in [-0.05, 0) is 24.1 Å². The topological polar surface area (TPSA) is 102 Å². The number of nitrogens with one attached hydrogen (secondary N) is 1. The molecule has 2 atom stereocenters. The van der Waals surface area contributed by atoms with Crippen molar-refractivity contribution in [2.45, 2.75) is 50.4 Å². The van der Waals surface area contributed by atoms with Crippen LogP contribution in [0.5, 0.6) is 5.88 Å². The van der Waals surface area contributed by atoms with Crippen LogP contribution in [-0.2, 0) is 4.79 Å². The fourth-order valence-corrected chi connectivity index (χ4v) is 5.18. The highest BCUT2D eigenvalue weighted by atomic mass is 19.3. The Kier molecular flexibility index (Phi) is 5.65. The lowest BCUT2D eigenvalue weighted by molar-refractivity contribution is -0.131. The third kappa shape index (κ3) is 4.07. The van der Waals surface area contributed by atoms with Gasteiger partial charge in [0.1, 0.15) is 17.2 Å². The SMILES string of the molecule is COc1nc(N[C@H]2CCN(C(C)=O)C[C@H]2F)nn2cc(F)c(-c3ccc4nnn(C5CC(F)(F)C5)c4c3)c12. The predicted octanol–water partition coefficient (Wildman–Crippen LogP) is 3.63. The fourth-order valence-electron chi connectivity index (χ4n) is 5.18. The molecule has 1 amide bonds. The summed E-state index contributed by atoms with van der Waals surface area (Å²) in [6, 6.07) is 3.81. The highest BCUT2D eigenvalue weighted by molar-refractivity contribution is 5.90. The monoisotopic (exact) mass is 532 g/mol. The Morgan fingerprint density at radius 3 is 2.74 bits per heavy atom. The number of hydrogen-bond donors (Lipinski definition) is 1. The number of nitrogens with zero attached hydrogens (tertiary/aromatic N) is 7. The number of likely N-dealkylation sites (tertiary alicyclic amines) is 1. The maximum atomic E-state index is 15.3. The van der Waals surface area contributed by atoms with Crippen molar-refractivity contribution in [3.8, 4) is 17.0 Å². The molecule has 0 unspecified atom stereocenters. The number of ether oxygens (including phenoxy) is 1. The number of rotatable bonds is 5. The number of anilines is 1. The van der Waals surface area contributed by atoms with Gasteiger partial charge in [-0.1, -0.05) is 11.3 Å². The maximum absolute atomic E-state index is 15.3. The van der Waals surface area contributed by atoms with Crippen LogP contribution in [-0.4, -0.2) is 78.7 Å². The first-order valence-electron chi connectivity index (χ1n) is 12.2. The van der Waals surface area contributed by atoms with E-state index in [9.17, 15) is 18.0 Å². The second kappa shape index (κ2) is 8.81. The van der Waals surface area contributed by atoms with Gasteiger partial charge < -0.3 is 15.0 Å². The molecular formula is C24H24F4N8O2. The van der Waals surface area contributed by atoms with Crippen LogP contribution in [0, 0.1) is 5.82 Å². The molecule has 1 saturated carbocycles. The van der Waals surface area contributed by atoms with Crippen LogP contribution in [0.3, 0.4) is 0 Å². The van der Waals surface area contributed by atoms with Crippen LogP contribution in [0.1, 0.15) is 32.2 Å². The number of carbonyl (C=O) groups is 1. The summed E-state index contributed by atoms with van der Waals surface area (Å²) in [5.41, 5.74) is 1.84. The summed E-state index contributed by atoms with van der Waals surface area (Å²) in [5.74, 6) is -3.43. The lowest BCUT2D eigenvalue weighted by atomic mass is 9.88. The van der Waals surface area contributed by atoms with E-state index >= 15 is 4.39 Å². The smallest absolute Gasteiger partial charge is 0.252 e. The molecule has 6 rings (SSSR count). The van der Waals surface area contributed by atoms with Gasteiger partial charge in [0.2, 0.25) is 17.7 Å². The predicted molar refractivity (Wildman–Crippen MR) is 128 cm³/mol. The molecule has 1 aliphatic carbocycles. The molecule has 0 radical (unpaired) electrons. The Morgan fingerprint density at radius 1 is 1.26 bits per heavy atom. The summed E-state index contributed by atoms with van der Waals surface area (Å²) in [5, 5.41) is 15.4. The molecule has 1 aromatic carbocycles. The van der Waals surface area contributed by atoms with Crippen LogP contribution >= 0.6 is 0 Å². The molecule has 0 spiro atoms. The van der Waals surface area contributed by atoms with Crippen LogP contribution in [0.15, 0.2) is 24.4 Å². The number of carbonyl (C=O) groups excluding carboxylic acids is 1. The number of fused-ring (bicyclic) bond motifs is 2. The molecule has 1 aliphatic heterocycles. The van der Waals surface area contributed by atoms with Gasteiger partial charge in [0.15, 0.2) is 5.82 Å². The molecule has 2 aliphatic rings. The van der Waals surface area contributed by atoms with Crippen molar-refractivity contribution in [2.75, 3.05) is 25.5 Å². The van der Waals surface area contributed by atoms with Gasteiger partial charge >= 0.3 is 0 Å². The first-order chi connectivity index (χ1) is 18.1. The Morgan fingerprint density at radius 2 is 2.05 bits per heavy atom. The van der Waals surface area contributed by atoms with Crippen molar-refractivity contribution < 1.29 is 27.1 Å². The van der Waals surface area contributed by atoms with Gasteiger partial charge in [0.05, 0.1) is 43.0 Å². The van der Waals surface area contributed by atoms with Gasteiger partial charge in [-0.25, -0.2) is 26.8 Å². The van der Waals surface area contributed by atoms with Crippen molar-refractivity contribution in [2.24, 2.45) is 0 Å².